The number of carboxylic acids is 1. The number of carboxylic acid groups (broad SMARTS) is 1. The fourth-order valence-corrected chi connectivity index (χ4v) is 2.72. The summed E-state index contributed by atoms with van der Waals surface area (Å²) in [5, 5.41) is 9.63. The minimum Gasteiger partial charge on any atom is -0.478 e. The molecule has 2 aromatic rings. The van der Waals surface area contributed by atoms with Crippen molar-refractivity contribution in [2.24, 2.45) is 0 Å². The molecule has 106 valence electrons. The SMILES string of the molecule is O=C(O)c1ccc2c(c1)CC(=O)N2Cc1cccc(Cl)c1. The van der Waals surface area contributed by atoms with E-state index in [2.05, 4.69) is 0 Å². The summed E-state index contributed by atoms with van der Waals surface area (Å²) in [7, 11) is 0. The van der Waals surface area contributed by atoms with Gasteiger partial charge in [0, 0.05) is 10.7 Å². The predicted octanol–water partition coefficient (Wildman–Crippen LogP) is 3.13. The zero-order valence-corrected chi connectivity index (χ0v) is 11.8. The smallest absolute Gasteiger partial charge is 0.335 e. The maximum atomic E-state index is 12.1. The van der Waals surface area contributed by atoms with Crippen LogP contribution in [0.2, 0.25) is 5.02 Å². The van der Waals surface area contributed by atoms with Crippen LogP contribution in [0.1, 0.15) is 21.5 Å². The molecule has 0 saturated heterocycles. The summed E-state index contributed by atoms with van der Waals surface area (Å²) in [6, 6.07) is 12.1. The molecule has 1 N–H and O–H groups in total. The van der Waals surface area contributed by atoms with Crippen LogP contribution >= 0.6 is 11.6 Å². The topological polar surface area (TPSA) is 57.6 Å². The second-order valence-corrected chi connectivity index (χ2v) is 5.37. The number of halogens is 1. The van der Waals surface area contributed by atoms with Crippen molar-refractivity contribution in [3.63, 3.8) is 0 Å². The molecule has 4 nitrogen and oxygen atoms in total. The maximum absolute atomic E-state index is 12.1. The summed E-state index contributed by atoms with van der Waals surface area (Å²) in [4.78, 5) is 24.8. The molecule has 0 bridgehead atoms. The fourth-order valence-electron chi connectivity index (χ4n) is 2.51. The Morgan fingerprint density at radius 1 is 1.24 bits per heavy atom. The molecule has 1 aliphatic rings. The summed E-state index contributed by atoms with van der Waals surface area (Å²) in [6.07, 6.45) is 0.233. The maximum Gasteiger partial charge on any atom is 0.335 e. The van der Waals surface area contributed by atoms with Crippen molar-refractivity contribution in [3.05, 3.63) is 64.2 Å². The van der Waals surface area contributed by atoms with Gasteiger partial charge in [-0.25, -0.2) is 4.79 Å². The summed E-state index contributed by atoms with van der Waals surface area (Å²) < 4.78 is 0. The van der Waals surface area contributed by atoms with Crippen LogP contribution in [-0.4, -0.2) is 17.0 Å². The lowest BCUT2D eigenvalue weighted by Gasteiger charge is -2.17. The van der Waals surface area contributed by atoms with Gasteiger partial charge in [0.25, 0.3) is 0 Å². The first-order chi connectivity index (χ1) is 10.0. The average molecular weight is 302 g/mol. The van der Waals surface area contributed by atoms with E-state index in [1.807, 2.05) is 18.2 Å². The molecule has 0 fully saturated rings. The molecular weight excluding hydrogens is 290 g/mol. The molecule has 1 heterocycles. The highest BCUT2D eigenvalue weighted by molar-refractivity contribution is 6.30. The van der Waals surface area contributed by atoms with Gasteiger partial charge in [0.2, 0.25) is 5.91 Å². The number of carbonyl (C=O) groups excluding carboxylic acids is 1. The monoisotopic (exact) mass is 301 g/mol. The first-order valence-corrected chi connectivity index (χ1v) is 6.83. The van der Waals surface area contributed by atoms with Crippen LogP contribution in [0.25, 0.3) is 0 Å². The van der Waals surface area contributed by atoms with Crippen molar-refractivity contribution in [2.45, 2.75) is 13.0 Å². The van der Waals surface area contributed by atoms with Gasteiger partial charge < -0.3 is 10.0 Å². The third kappa shape index (κ3) is 2.62. The lowest BCUT2D eigenvalue weighted by molar-refractivity contribution is -0.117. The Bertz CT molecular complexity index is 742. The number of hydrogen-bond acceptors (Lipinski definition) is 2. The van der Waals surface area contributed by atoms with Gasteiger partial charge in [0.15, 0.2) is 0 Å². The molecule has 2 aromatic carbocycles. The lowest BCUT2D eigenvalue weighted by Crippen LogP contribution is -2.25. The Morgan fingerprint density at radius 2 is 2.05 bits per heavy atom. The van der Waals surface area contributed by atoms with Gasteiger partial charge in [-0.2, -0.15) is 0 Å². The Labute approximate surface area is 126 Å². The number of rotatable bonds is 3. The van der Waals surface area contributed by atoms with Gasteiger partial charge in [-0.3, -0.25) is 4.79 Å². The highest BCUT2D eigenvalue weighted by atomic mass is 35.5. The Morgan fingerprint density at radius 3 is 2.76 bits per heavy atom. The predicted molar refractivity (Wildman–Crippen MR) is 79.7 cm³/mol. The van der Waals surface area contributed by atoms with E-state index in [-0.39, 0.29) is 17.9 Å². The quantitative estimate of drug-likeness (QED) is 0.947. The fraction of sp³-hybridized carbons (Fsp3) is 0.125. The molecule has 0 unspecified atom stereocenters. The number of fused-ring (bicyclic) bond motifs is 1. The molecule has 0 aromatic heterocycles. The number of aromatic carboxylic acids is 1. The zero-order chi connectivity index (χ0) is 15.0. The van der Waals surface area contributed by atoms with Crippen molar-refractivity contribution in [2.75, 3.05) is 4.90 Å². The van der Waals surface area contributed by atoms with E-state index in [9.17, 15) is 9.59 Å². The molecule has 0 spiro atoms. The number of anilines is 1. The normalized spacial score (nSPS) is 13.4. The van der Waals surface area contributed by atoms with Crippen LogP contribution in [0.5, 0.6) is 0 Å². The molecule has 5 heteroatoms. The standard InChI is InChI=1S/C16H12ClNO3/c17-13-3-1-2-10(6-13)9-18-14-5-4-11(16(20)21)7-12(14)8-15(18)19/h1-7H,8-9H2,(H,20,21). The zero-order valence-electron chi connectivity index (χ0n) is 11.0. The van der Waals surface area contributed by atoms with E-state index < -0.39 is 5.97 Å². The van der Waals surface area contributed by atoms with Crippen molar-refractivity contribution in [3.8, 4) is 0 Å². The Hall–Kier alpha value is -2.33. The number of amides is 1. The number of nitrogens with zero attached hydrogens (tertiary/aromatic N) is 1. The van der Waals surface area contributed by atoms with Crippen LogP contribution in [0.3, 0.4) is 0 Å². The van der Waals surface area contributed by atoms with E-state index in [0.29, 0.717) is 11.6 Å². The highest BCUT2D eigenvalue weighted by Crippen LogP contribution is 2.31. The minimum atomic E-state index is -0.987. The molecule has 0 saturated carbocycles. The van der Waals surface area contributed by atoms with Gasteiger partial charge in [-0.15, -0.1) is 0 Å². The molecule has 0 aliphatic carbocycles. The van der Waals surface area contributed by atoms with Crippen molar-refractivity contribution >= 4 is 29.2 Å². The second-order valence-electron chi connectivity index (χ2n) is 4.94. The molecule has 1 aliphatic heterocycles. The van der Waals surface area contributed by atoms with Crippen molar-refractivity contribution in [1.82, 2.24) is 0 Å². The molecule has 3 rings (SSSR count). The molecule has 0 atom stereocenters. The largest absolute Gasteiger partial charge is 0.478 e. The summed E-state index contributed by atoms with van der Waals surface area (Å²) >= 11 is 5.95. The van der Waals surface area contributed by atoms with Gasteiger partial charge in [-0.05, 0) is 41.5 Å². The van der Waals surface area contributed by atoms with E-state index >= 15 is 0 Å². The van der Waals surface area contributed by atoms with Gasteiger partial charge in [0.1, 0.15) is 0 Å². The minimum absolute atomic E-state index is 0.0347. The molecule has 21 heavy (non-hydrogen) atoms. The van der Waals surface area contributed by atoms with Gasteiger partial charge in [-0.1, -0.05) is 23.7 Å². The molecule has 1 amide bonds. The van der Waals surface area contributed by atoms with Crippen LogP contribution in [0, 0.1) is 0 Å². The van der Waals surface area contributed by atoms with Crippen molar-refractivity contribution in [1.29, 1.82) is 0 Å². The lowest BCUT2D eigenvalue weighted by atomic mass is 10.1. The van der Waals surface area contributed by atoms with Gasteiger partial charge >= 0.3 is 5.97 Å². The van der Waals surface area contributed by atoms with Crippen LogP contribution in [-0.2, 0) is 17.8 Å². The van der Waals surface area contributed by atoms with Crippen LogP contribution < -0.4 is 4.90 Å². The third-order valence-corrected chi connectivity index (χ3v) is 3.72. The Balaban J connectivity index is 1.92. The number of benzene rings is 2. The molecule has 0 radical (unpaired) electrons. The molecular formula is C16H12ClNO3. The van der Waals surface area contributed by atoms with Crippen molar-refractivity contribution < 1.29 is 14.7 Å². The average Bonchev–Trinajstić information content (AvgIpc) is 2.74. The summed E-state index contributed by atoms with van der Waals surface area (Å²) in [5.41, 5.74) is 2.66. The number of hydrogen-bond donors (Lipinski definition) is 1. The van der Waals surface area contributed by atoms with Crippen LogP contribution in [0.4, 0.5) is 5.69 Å². The first kappa shape index (κ1) is 13.6. The number of carbonyl (C=O) groups is 2. The summed E-state index contributed by atoms with van der Waals surface area (Å²) in [5.74, 6) is -1.02. The first-order valence-electron chi connectivity index (χ1n) is 6.45. The van der Waals surface area contributed by atoms with Crippen LogP contribution in [0.15, 0.2) is 42.5 Å². The van der Waals surface area contributed by atoms with E-state index in [1.54, 1.807) is 23.1 Å². The van der Waals surface area contributed by atoms with Gasteiger partial charge in [0.05, 0.1) is 18.5 Å². The van der Waals surface area contributed by atoms with E-state index in [0.717, 1.165) is 16.8 Å². The second kappa shape index (κ2) is 5.22. The summed E-state index contributed by atoms with van der Waals surface area (Å²) in [6.45, 7) is 0.429. The van der Waals surface area contributed by atoms with E-state index in [1.165, 1.54) is 6.07 Å². The highest BCUT2D eigenvalue weighted by Gasteiger charge is 2.28. The van der Waals surface area contributed by atoms with E-state index in [4.69, 9.17) is 16.7 Å². The third-order valence-electron chi connectivity index (χ3n) is 3.49. The Kier molecular flexibility index (Phi) is 3.39.